The van der Waals surface area contributed by atoms with Crippen LogP contribution in [0.5, 0.6) is 17.2 Å². The Morgan fingerprint density at radius 2 is 1.79 bits per heavy atom. The van der Waals surface area contributed by atoms with Crippen LogP contribution in [-0.4, -0.2) is 32.8 Å². The Kier molecular flexibility index (Phi) is 6.39. The fraction of sp³-hybridized carbons (Fsp3) is 0.273. The van der Waals surface area contributed by atoms with Crippen molar-refractivity contribution in [1.82, 2.24) is 5.32 Å². The van der Waals surface area contributed by atoms with Crippen molar-refractivity contribution >= 4 is 16.9 Å². The number of rotatable bonds is 8. The highest BCUT2D eigenvalue weighted by Crippen LogP contribution is 2.28. The van der Waals surface area contributed by atoms with Crippen LogP contribution >= 0.6 is 0 Å². The molecule has 0 unspecified atom stereocenters. The molecule has 2 aromatic carbocycles. The van der Waals surface area contributed by atoms with Gasteiger partial charge in [-0.25, -0.2) is 4.79 Å². The van der Waals surface area contributed by atoms with E-state index in [1.54, 1.807) is 32.2 Å². The second-order valence-electron chi connectivity index (χ2n) is 6.45. The topological polar surface area (TPSA) is 87.0 Å². The van der Waals surface area contributed by atoms with Crippen LogP contribution in [-0.2, 0) is 4.79 Å². The minimum atomic E-state index is -0.414. The quantitative estimate of drug-likeness (QED) is 0.464. The number of amides is 1. The molecular formula is C22H23NO6. The molecule has 152 valence electrons. The van der Waals surface area contributed by atoms with Crippen molar-refractivity contribution in [2.75, 3.05) is 26.9 Å². The van der Waals surface area contributed by atoms with Crippen LogP contribution in [0.4, 0.5) is 0 Å². The van der Waals surface area contributed by atoms with Gasteiger partial charge in [0.2, 0.25) is 0 Å². The molecule has 1 N–H and O–H groups in total. The van der Waals surface area contributed by atoms with Crippen LogP contribution in [0.3, 0.4) is 0 Å². The van der Waals surface area contributed by atoms with Gasteiger partial charge < -0.3 is 23.9 Å². The normalized spacial score (nSPS) is 10.6. The second kappa shape index (κ2) is 9.14. The fourth-order valence-corrected chi connectivity index (χ4v) is 2.94. The van der Waals surface area contributed by atoms with Crippen molar-refractivity contribution in [2.45, 2.75) is 13.8 Å². The summed E-state index contributed by atoms with van der Waals surface area (Å²) in [6.45, 7) is 4.10. The predicted octanol–water partition coefficient (Wildman–Crippen LogP) is 2.99. The monoisotopic (exact) mass is 397 g/mol. The lowest BCUT2D eigenvalue weighted by molar-refractivity contribution is -0.123. The lowest BCUT2D eigenvalue weighted by atomic mass is 10.1. The van der Waals surface area contributed by atoms with Crippen molar-refractivity contribution in [3.63, 3.8) is 0 Å². The van der Waals surface area contributed by atoms with Crippen LogP contribution in [0.15, 0.2) is 51.7 Å². The minimum absolute atomic E-state index is 0.156. The number of aryl methyl sites for hydroxylation is 2. The lowest BCUT2D eigenvalue weighted by Crippen LogP contribution is -2.32. The fourth-order valence-electron chi connectivity index (χ4n) is 2.94. The number of hydrogen-bond acceptors (Lipinski definition) is 6. The van der Waals surface area contributed by atoms with Gasteiger partial charge in [0.25, 0.3) is 5.91 Å². The summed E-state index contributed by atoms with van der Waals surface area (Å²) in [6, 6.07) is 12.3. The van der Waals surface area contributed by atoms with Crippen molar-refractivity contribution in [3.05, 3.63) is 64.0 Å². The van der Waals surface area contributed by atoms with E-state index in [9.17, 15) is 9.59 Å². The summed E-state index contributed by atoms with van der Waals surface area (Å²) in [5, 5.41) is 3.57. The maximum atomic E-state index is 12.0. The summed E-state index contributed by atoms with van der Waals surface area (Å²) in [7, 11) is 1.57. The number of ether oxygens (including phenoxy) is 3. The number of methoxy groups -OCH3 is 1. The SMILES string of the molecule is COc1ccccc1OCCNC(=O)COc1ccc2c(C)cc(=O)oc2c1C. The molecule has 29 heavy (non-hydrogen) atoms. The lowest BCUT2D eigenvalue weighted by Gasteiger charge is -2.12. The Morgan fingerprint density at radius 3 is 2.55 bits per heavy atom. The average Bonchev–Trinajstić information content (AvgIpc) is 2.71. The van der Waals surface area contributed by atoms with Gasteiger partial charge in [-0.1, -0.05) is 12.1 Å². The third-order valence-electron chi connectivity index (χ3n) is 4.43. The van der Waals surface area contributed by atoms with E-state index in [0.29, 0.717) is 41.5 Å². The first-order valence-corrected chi connectivity index (χ1v) is 9.19. The number of carbonyl (C=O) groups is 1. The van der Waals surface area contributed by atoms with Gasteiger partial charge >= 0.3 is 5.63 Å². The summed E-state index contributed by atoms with van der Waals surface area (Å²) >= 11 is 0. The number of nitrogens with one attached hydrogen (secondary N) is 1. The van der Waals surface area contributed by atoms with E-state index in [1.165, 1.54) is 6.07 Å². The van der Waals surface area contributed by atoms with Crippen molar-refractivity contribution in [1.29, 1.82) is 0 Å². The van der Waals surface area contributed by atoms with Crippen molar-refractivity contribution < 1.29 is 23.4 Å². The molecule has 3 rings (SSSR count). The van der Waals surface area contributed by atoms with Gasteiger partial charge in [0.15, 0.2) is 18.1 Å². The Balaban J connectivity index is 1.52. The molecule has 0 aliphatic heterocycles. The minimum Gasteiger partial charge on any atom is -0.493 e. The van der Waals surface area contributed by atoms with Crippen LogP contribution in [0.25, 0.3) is 11.0 Å². The van der Waals surface area contributed by atoms with E-state index in [2.05, 4.69) is 5.32 Å². The molecule has 0 aliphatic carbocycles. The molecule has 0 saturated heterocycles. The van der Waals surface area contributed by atoms with Gasteiger partial charge in [-0.2, -0.15) is 0 Å². The van der Waals surface area contributed by atoms with Gasteiger partial charge in [-0.05, 0) is 43.7 Å². The second-order valence-corrected chi connectivity index (χ2v) is 6.45. The van der Waals surface area contributed by atoms with Gasteiger partial charge in [0, 0.05) is 17.0 Å². The van der Waals surface area contributed by atoms with E-state index >= 15 is 0 Å². The van der Waals surface area contributed by atoms with E-state index in [0.717, 1.165) is 10.9 Å². The zero-order valence-electron chi connectivity index (χ0n) is 16.6. The summed E-state index contributed by atoms with van der Waals surface area (Å²) in [5.41, 5.74) is 1.57. The summed E-state index contributed by atoms with van der Waals surface area (Å²) < 4.78 is 21.7. The molecule has 0 saturated carbocycles. The third-order valence-corrected chi connectivity index (χ3v) is 4.43. The molecule has 0 aliphatic rings. The number of hydrogen-bond donors (Lipinski definition) is 1. The van der Waals surface area contributed by atoms with E-state index < -0.39 is 5.63 Å². The van der Waals surface area contributed by atoms with Crippen molar-refractivity contribution in [3.8, 4) is 17.2 Å². The average molecular weight is 397 g/mol. The van der Waals surface area contributed by atoms with Gasteiger partial charge in [0.05, 0.1) is 13.7 Å². The maximum absolute atomic E-state index is 12.0. The zero-order chi connectivity index (χ0) is 20.8. The van der Waals surface area contributed by atoms with E-state index in [4.69, 9.17) is 18.6 Å². The molecule has 0 fully saturated rings. The molecule has 1 amide bonds. The van der Waals surface area contributed by atoms with Gasteiger partial charge in [-0.3, -0.25) is 4.79 Å². The highest BCUT2D eigenvalue weighted by Gasteiger charge is 2.11. The van der Waals surface area contributed by atoms with Crippen LogP contribution in [0.1, 0.15) is 11.1 Å². The molecule has 3 aromatic rings. The Morgan fingerprint density at radius 1 is 1.03 bits per heavy atom. The molecule has 0 radical (unpaired) electrons. The largest absolute Gasteiger partial charge is 0.493 e. The first-order chi connectivity index (χ1) is 14.0. The molecule has 0 spiro atoms. The molecule has 7 nitrogen and oxygen atoms in total. The molecule has 0 atom stereocenters. The van der Waals surface area contributed by atoms with Crippen LogP contribution < -0.4 is 25.2 Å². The summed E-state index contributed by atoms with van der Waals surface area (Å²) in [4.78, 5) is 23.7. The number of carbonyl (C=O) groups excluding carboxylic acids is 1. The molecule has 1 aromatic heterocycles. The van der Waals surface area contributed by atoms with Gasteiger partial charge in [-0.15, -0.1) is 0 Å². The Labute approximate surface area is 168 Å². The van der Waals surface area contributed by atoms with Crippen molar-refractivity contribution in [2.24, 2.45) is 0 Å². The molecule has 0 bridgehead atoms. The number of fused-ring (bicyclic) bond motifs is 1. The Bertz CT molecular complexity index is 1070. The molecular weight excluding hydrogens is 374 g/mol. The standard InChI is InChI=1S/C22H23NO6/c1-14-12-21(25)29-22-15(2)17(9-8-16(14)22)28-13-20(24)23-10-11-27-19-7-5-4-6-18(19)26-3/h4-9,12H,10-11,13H2,1-3H3,(H,23,24). The van der Waals surface area contributed by atoms with E-state index in [-0.39, 0.29) is 12.5 Å². The molecule has 7 heteroatoms. The highest BCUT2D eigenvalue weighted by atomic mass is 16.5. The number of para-hydroxylation sites is 2. The van der Waals surface area contributed by atoms with E-state index in [1.807, 2.05) is 25.1 Å². The summed E-state index contributed by atoms with van der Waals surface area (Å²) in [5.74, 6) is 1.46. The smallest absolute Gasteiger partial charge is 0.336 e. The highest BCUT2D eigenvalue weighted by molar-refractivity contribution is 5.85. The molecule has 1 heterocycles. The number of benzene rings is 2. The van der Waals surface area contributed by atoms with Crippen LogP contribution in [0, 0.1) is 13.8 Å². The third kappa shape index (κ3) is 4.87. The first kappa shape index (κ1) is 20.3. The Hall–Kier alpha value is -3.48. The van der Waals surface area contributed by atoms with Gasteiger partial charge in [0.1, 0.15) is 17.9 Å². The summed E-state index contributed by atoms with van der Waals surface area (Å²) in [6.07, 6.45) is 0. The first-order valence-electron chi connectivity index (χ1n) is 9.19. The predicted molar refractivity (Wildman–Crippen MR) is 109 cm³/mol. The van der Waals surface area contributed by atoms with Crippen LogP contribution in [0.2, 0.25) is 0 Å². The maximum Gasteiger partial charge on any atom is 0.336 e. The zero-order valence-corrected chi connectivity index (χ0v) is 16.6.